The molecule has 1 atom stereocenters. The van der Waals surface area contributed by atoms with Crippen LogP contribution in [-0.2, 0) is 0 Å². The van der Waals surface area contributed by atoms with Crippen LogP contribution in [0.4, 0.5) is 0 Å². The van der Waals surface area contributed by atoms with Crippen molar-refractivity contribution in [1.82, 2.24) is 15.2 Å². The van der Waals surface area contributed by atoms with E-state index in [2.05, 4.69) is 49.2 Å². The van der Waals surface area contributed by atoms with Crippen molar-refractivity contribution in [3.05, 3.63) is 65.2 Å². The lowest BCUT2D eigenvalue weighted by Crippen LogP contribution is -2.40. The van der Waals surface area contributed by atoms with E-state index in [0.29, 0.717) is 18.2 Å². The fraction of sp³-hybridized carbons (Fsp3) is 0.429. The van der Waals surface area contributed by atoms with Crippen LogP contribution >= 0.6 is 0 Å². The number of para-hydroxylation sites is 1. The zero-order chi connectivity index (χ0) is 22.5. The van der Waals surface area contributed by atoms with Crippen LogP contribution in [0.2, 0.25) is 0 Å². The molecule has 168 valence electrons. The highest BCUT2D eigenvalue weighted by Gasteiger charge is 2.20. The summed E-state index contributed by atoms with van der Waals surface area (Å²) in [7, 11) is 0. The highest BCUT2D eigenvalue weighted by molar-refractivity contribution is 6.07. The SMILES string of the molecule is CCC1CCCCN1CCCNC(=O)c1cc(-c2ccc(C)c(C)c2)nc2ccccc12. The van der Waals surface area contributed by atoms with E-state index in [1.807, 2.05) is 30.3 Å². The monoisotopic (exact) mass is 429 g/mol. The van der Waals surface area contributed by atoms with Gasteiger partial charge in [0, 0.05) is 30.1 Å². The highest BCUT2D eigenvalue weighted by atomic mass is 16.1. The third kappa shape index (κ3) is 5.02. The van der Waals surface area contributed by atoms with Gasteiger partial charge in [0.15, 0.2) is 0 Å². The third-order valence-corrected chi connectivity index (χ3v) is 6.89. The Balaban J connectivity index is 1.49. The van der Waals surface area contributed by atoms with Crippen LogP contribution in [0.5, 0.6) is 0 Å². The van der Waals surface area contributed by atoms with E-state index in [1.165, 1.54) is 43.4 Å². The van der Waals surface area contributed by atoms with Gasteiger partial charge in [-0.2, -0.15) is 0 Å². The van der Waals surface area contributed by atoms with E-state index in [1.54, 1.807) is 0 Å². The molecule has 4 heteroatoms. The summed E-state index contributed by atoms with van der Waals surface area (Å²) in [6.07, 6.45) is 6.16. The number of rotatable bonds is 7. The number of hydrogen-bond donors (Lipinski definition) is 1. The fourth-order valence-electron chi connectivity index (χ4n) is 4.81. The van der Waals surface area contributed by atoms with E-state index in [9.17, 15) is 4.79 Å². The first-order valence-electron chi connectivity index (χ1n) is 12.1. The first kappa shape index (κ1) is 22.5. The van der Waals surface area contributed by atoms with E-state index in [0.717, 1.165) is 35.1 Å². The molecule has 1 N–H and O–H groups in total. The van der Waals surface area contributed by atoms with Crippen LogP contribution in [0.3, 0.4) is 0 Å². The number of benzene rings is 2. The number of amides is 1. The van der Waals surface area contributed by atoms with Crippen LogP contribution < -0.4 is 5.32 Å². The van der Waals surface area contributed by atoms with E-state index in [4.69, 9.17) is 4.98 Å². The molecule has 1 aliphatic rings. The van der Waals surface area contributed by atoms with Crippen molar-refractivity contribution in [2.75, 3.05) is 19.6 Å². The molecule has 1 aromatic heterocycles. The van der Waals surface area contributed by atoms with Crippen LogP contribution in [-0.4, -0.2) is 41.5 Å². The molecule has 0 spiro atoms. The van der Waals surface area contributed by atoms with E-state index < -0.39 is 0 Å². The maximum Gasteiger partial charge on any atom is 0.252 e. The van der Waals surface area contributed by atoms with Crippen LogP contribution in [0.1, 0.15) is 60.5 Å². The number of pyridine rings is 1. The largest absolute Gasteiger partial charge is 0.352 e. The fourth-order valence-corrected chi connectivity index (χ4v) is 4.81. The Labute approximate surface area is 192 Å². The summed E-state index contributed by atoms with van der Waals surface area (Å²) >= 11 is 0. The Morgan fingerprint density at radius 1 is 1.09 bits per heavy atom. The second-order valence-electron chi connectivity index (χ2n) is 9.07. The maximum atomic E-state index is 13.2. The van der Waals surface area contributed by atoms with Gasteiger partial charge in [-0.15, -0.1) is 0 Å². The van der Waals surface area contributed by atoms with Gasteiger partial charge in [-0.1, -0.05) is 43.7 Å². The number of fused-ring (bicyclic) bond motifs is 1. The van der Waals surface area contributed by atoms with Gasteiger partial charge in [-0.05, 0) is 75.4 Å². The lowest BCUT2D eigenvalue weighted by molar-refractivity contribution is 0.0949. The van der Waals surface area contributed by atoms with Gasteiger partial charge in [-0.3, -0.25) is 4.79 Å². The Morgan fingerprint density at radius 2 is 1.94 bits per heavy atom. The van der Waals surface area contributed by atoms with Crippen LogP contribution in [0.15, 0.2) is 48.5 Å². The van der Waals surface area contributed by atoms with Gasteiger partial charge in [-0.25, -0.2) is 4.98 Å². The van der Waals surface area contributed by atoms with Gasteiger partial charge >= 0.3 is 0 Å². The standard InChI is InChI=1S/C28H35N3O/c1-4-23-10-7-8-16-31(23)17-9-15-29-28(32)25-19-27(22-14-13-20(2)21(3)18-22)30-26-12-6-5-11-24(25)26/h5-6,11-14,18-19,23H,4,7-10,15-17H2,1-3H3,(H,29,32). The van der Waals surface area contributed by atoms with Crippen molar-refractivity contribution < 1.29 is 4.79 Å². The minimum absolute atomic E-state index is 0.0145. The summed E-state index contributed by atoms with van der Waals surface area (Å²) in [5, 5.41) is 4.07. The first-order valence-corrected chi connectivity index (χ1v) is 12.1. The highest BCUT2D eigenvalue weighted by Crippen LogP contribution is 2.26. The summed E-state index contributed by atoms with van der Waals surface area (Å²) in [6.45, 7) is 9.45. The molecule has 2 aromatic carbocycles. The molecule has 1 saturated heterocycles. The second-order valence-corrected chi connectivity index (χ2v) is 9.07. The number of nitrogens with zero attached hydrogens (tertiary/aromatic N) is 2. The van der Waals surface area contributed by atoms with E-state index >= 15 is 0 Å². The molecular formula is C28H35N3O. The summed E-state index contributed by atoms with van der Waals surface area (Å²) in [5.74, 6) is -0.0145. The van der Waals surface area contributed by atoms with Gasteiger partial charge in [0.1, 0.15) is 0 Å². The number of carbonyl (C=O) groups is 1. The smallest absolute Gasteiger partial charge is 0.252 e. The molecule has 4 rings (SSSR count). The number of likely N-dealkylation sites (tertiary alicyclic amines) is 1. The molecule has 1 unspecified atom stereocenters. The lowest BCUT2D eigenvalue weighted by atomic mass is 10.00. The zero-order valence-corrected chi connectivity index (χ0v) is 19.7. The molecular weight excluding hydrogens is 394 g/mol. The van der Waals surface area contributed by atoms with Crippen molar-refractivity contribution in [2.24, 2.45) is 0 Å². The second kappa shape index (κ2) is 10.3. The molecule has 4 nitrogen and oxygen atoms in total. The Bertz CT molecular complexity index is 1090. The molecule has 0 radical (unpaired) electrons. The van der Waals surface area contributed by atoms with Crippen molar-refractivity contribution >= 4 is 16.8 Å². The first-order chi connectivity index (χ1) is 15.6. The van der Waals surface area contributed by atoms with Crippen LogP contribution in [0.25, 0.3) is 22.2 Å². The molecule has 1 amide bonds. The quantitative estimate of drug-likeness (QED) is 0.475. The molecule has 3 aromatic rings. The zero-order valence-electron chi connectivity index (χ0n) is 19.7. The van der Waals surface area contributed by atoms with Crippen molar-refractivity contribution in [2.45, 2.75) is 58.9 Å². The number of carbonyl (C=O) groups excluding carboxylic acids is 1. The summed E-state index contributed by atoms with van der Waals surface area (Å²) in [4.78, 5) is 20.6. The summed E-state index contributed by atoms with van der Waals surface area (Å²) in [6, 6.07) is 16.9. The normalized spacial score (nSPS) is 16.9. The minimum Gasteiger partial charge on any atom is -0.352 e. The van der Waals surface area contributed by atoms with Gasteiger partial charge in [0.2, 0.25) is 0 Å². The number of nitrogens with one attached hydrogen (secondary N) is 1. The maximum absolute atomic E-state index is 13.2. The predicted octanol–water partition coefficient (Wildman–Crippen LogP) is 5.90. The molecule has 2 heterocycles. The molecule has 1 fully saturated rings. The van der Waals surface area contributed by atoms with Gasteiger partial charge in [0.25, 0.3) is 5.91 Å². The van der Waals surface area contributed by atoms with Crippen molar-refractivity contribution in [3.8, 4) is 11.3 Å². The van der Waals surface area contributed by atoms with Gasteiger partial charge in [0.05, 0.1) is 16.8 Å². The van der Waals surface area contributed by atoms with Crippen LogP contribution in [0, 0.1) is 13.8 Å². The lowest BCUT2D eigenvalue weighted by Gasteiger charge is -2.35. The van der Waals surface area contributed by atoms with Crippen molar-refractivity contribution in [3.63, 3.8) is 0 Å². The van der Waals surface area contributed by atoms with Gasteiger partial charge < -0.3 is 10.2 Å². The average Bonchev–Trinajstić information content (AvgIpc) is 2.83. The average molecular weight is 430 g/mol. The number of piperidine rings is 1. The topological polar surface area (TPSA) is 45.2 Å². The molecule has 0 aliphatic carbocycles. The Kier molecular flexibility index (Phi) is 7.21. The number of aromatic nitrogens is 1. The van der Waals surface area contributed by atoms with E-state index in [-0.39, 0.29) is 5.91 Å². The molecule has 0 bridgehead atoms. The third-order valence-electron chi connectivity index (χ3n) is 6.89. The Morgan fingerprint density at radius 3 is 2.75 bits per heavy atom. The Hall–Kier alpha value is -2.72. The number of hydrogen-bond acceptors (Lipinski definition) is 3. The predicted molar refractivity (Wildman–Crippen MR) is 133 cm³/mol. The minimum atomic E-state index is -0.0145. The van der Waals surface area contributed by atoms with Crippen molar-refractivity contribution in [1.29, 1.82) is 0 Å². The molecule has 32 heavy (non-hydrogen) atoms. The molecule has 1 aliphatic heterocycles. The summed E-state index contributed by atoms with van der Waals surface area (Å²) in [5.41, 5.74) is 5.93. The molecule has 0 saturated carbocycles. The number of aryl methyl sites for hydroxylation is 2. The summed E-state index contributed by atoms with van der Waals surface area (Å²) < 4.78 is 0.